The average Bonchev–Trinajstić information content (AvgIpc) is 2.36. The predicted octanol–water partition coefficient (Wildman–Crippen LogP) is 1.29. The number of carbonyl (C=O) groups excluding carboxylic acids is 1. The molecule has 100 valence electrons. The second-order valence-electron chi connectivity index (χ2n) is 5.63. The van der Waals surface area contributed by atoms with Gasteiger partial charge in [-0.15, -0.1) is 0 Å². The van der Waals surface area contributed by atoms with Crippen LogP contribution >= 0.6 is 0 Å². The Kier molecular flexibility index (Phi) is 5.40. The quantitative estimate of drug-likeness (QED) is 0.763. The van der Waals surface area contributed by atoms with Crippen LogP contribution in [-0.4, -0.2) is 31.7 Å². The van der Waals surface area contributed by atoms with Crippen LogP contribution in [0.4, 0.5) is 0 Å². The fraction of sp³-hybridized carbons (Fsp3) is 0.923. The number of carbonyl (C=O) groups is 1. The van der Waals surface area contributed by atoms with Crippen LogP contribution in [0.5, 0.6) is 0 Å². The van der Waals surface area contributed by atoms with Crippen LogP contribution in [0.3, 0.4) is 0 Å². The highest BCUT2D eigenvalue weighted by Crippen LogP contribution is 2.28. The van der Waals surface area contributed by atoms with Crippen molar-refractivity contribution in [3.63, 3.8) is 0 Å². The summed E-state index contributed by atoms with van der Waals surface area (Å²) in [6.07, 6.45) is 4.12. The Balaban J connectivity index is 2.30. The minimum Gasteiger partial charge on any atom is -0.377 e. The van der Waals surface area contributed by atoms with Crippen LogP contribution in [0.1, 0.15) is 39.5 Å². The summed E-state index contributed by atoms with van der Waals surface area (Å²) in [4.78, 5) is 12.0. The van der Waals surface area contributed by atoms with Gasteiger partial charge in [-0.25, -0.2) is 0 Å². The number of amides is 1. The molecule has 17 heavy (non-hydrogen) atoms. The molecular formula is C13H26N2O2. The molecule has 1 saturated carbocycles. The van der Waals surface area contributed by atoms with Gasteiger partial charge in [-0.3, -0.25) is 4.79 Å². The molecule has 0 bridgehead atoms. The molecule has 1 amide bonds. The Bertz CT molecular complexity index is 246. The summed E-state index contributed by atoms with van der Waals surface area (Å²) in [6.45, 7) is 5.27. The first kappa shape index (κ1) is 14.5. The molecule has 1 aliphatic rings. The van der Waals surface area contributed by atoms with Crippen LogP contribution in [-0.2, 0) is 9.53 Å². The molecule has 1 fully saturated rings. The average molecular weight is 242 g/mol. The lowest BCUT2D eigenvalue weighted by atomic mass is 9.81. The summed E-state index contributed by atoms with van der Waals surface area (Å²) in [7, 11) is 1.67. The molecule has 1 rings (SSSR count). The van der Waals surface area contributed by atoms with Crippen molar-refractivity contribution in [2.75, 3.05) is 20.2 Å². The van der Waals surface area contributed by atoms with Crippen molar-refractivity contribution in [1.82, 2.24) is 5.32 Å². The van der Waals surface area contributed by atoms with Crippen molar-refractivity contribution in [3.8, 4) is 0 Å². The van der Waals surface area contributed by atoms with Crippen LogP contribution in [0.15, 0.2) is 0 Å². The van der Waals surface area contributed by atoms with E-state index >= 15 is 0 Å². The first-order chi connectivity index (χ1) is 7.98. The summed E-state index contributed by atoms with van der Waals surface area (Å²) in [5.41, 5.74) is 5.35. The normalized spacial score (nSPS) is 25.6. The van der Waals surface area contributed by atoms with E-state index in [1.165, 1.54) is 0 Å². The molecular weight excluding hydrogens is 216 g/mol. The molecule has 0 aliphatic heterocycles. The largest absolute Gasteiger partial charge is 0.377 e. The van der Waals surface area contributed by atoms with E-state index in [0.717, 1.165) is 32.2 Å². The van der Waals surface area contributed by atoms with Gasteiger partial charge < -0.3 is 15.8 Å². The number of methoxy groups -OCH3 is 1. The van der Waals surface area contributed by atoms with E-state index in [-0.39, 0.29) is 17.4 Å². The summed E-state index contributed by atoms with van der Waals surface area (Å²) in [5.74, 6) is 0.963. The van der Waals surface area contributed by atoms with Gasteiger partial charge in [-0.05, 0) is 52.0 Å². The maximum absolute atomic E-state index is 12.0. The number of nitrogens with two attached hydrogens (primary N) is 1. The fourth-order valence-corrected chi connectivity index (χ4v) is 2.18. The zero-order valence-corrected chi connectivity index (χ0v) is 11.3. The van der Waals surface area contributed by atoms with Gasteiger partial charge in [0.05, 0.1) is 5.60 Å². The second-order valence-corrected chi connectivity index (χ2v) is 5.63. The smallest absolute Gasteiger partial charge is 0.223 e. The van der Waals surface area contributed by atoms with Gasteiger partial charge in [-0.1, -0.05) is 0 Å². The van der Waals surface area contributed by atoms with Crippen LogP contribution in [0.25, 0.3) is 0 Å². The number of rotatable bonds is 5. The van der Waals surface area contributed by atoms with Crippen molar-refractivity contribution in [1.29, 1.82) is 0 Å². The Hall–Kier alpha value is -0.610. The lowest BCUT2D eigenvalue weighted by molar-refractivity contribution is -0.127. The lowest BCUT2D eigenvalue weighted by Gasteiger charge is -2.29. The lowest BCUT2D eigenvalue weighted by Crippen LogP contribution is -2.43. The van der Waals surface area contributed by atoms with Crippen molar-refractivity contribution < 1.29 is 9.53 Å². The number of hydrogen-bond acceptors (Lipinski definition) is 3. The number of ether oxygens (including phenoxy) is 1. The van der Waals surface area contributed by atoms with E-state index in [1.807, 2.05) is 13.8 Å². The van der Waals surface area contributed by atoms with Crippen molar-refractivity contribution >= 4 is 5.91 Å². The van der Waals surface area contributed by atoms with Gasteiger partial charge >= 0.3 is 0 Å². The zero-order chi connectivity index (χ0) is 12.9. The Labute approximate surface area is 104 Å². The molecule has 0 saturated heterocycles. The van der Waals surface area contributed by atoms with E-state index in [2.05, 4.69) is 5.32 Å². The highest BCUT2D eigenvalue weighted by Gasteiger charge is 2.26. The highest BCUT2D eigenvalue weighted by atomic mass is 16.5. The molecule has 0 radical (unpaired) electrons. The van der Waals surface area contributed by atoms with Gasteiger partial charge in [0, 0.05) is 19.6 Å². The van der Waals surface area contributed by atoms with E-state index in [4.69, 9.17) is 10.5 Å². The van der Waals surface area contributed by atoms with Crippen molar-refractivity contribution in [2.45, 2.75) is 45.1 Å². The van der Waals surface area contributed by atoms with E-state index in [9.17, 15) is 4.79 Å². The molecule has 3 N–H and O–H groups in total. The third kappa shape index (κ3) is 4.64. The molecule has 0 atom stereocenters. The second kappa shape index (κ2) is 6.36. The Morgan fingerprint density at radius 2 is 1.94 bits per heavy atom. The topological polar surface area (TPSA) is 64.3 Å². The third-order valence-electron chi connectivity index (χ3n) is 3.79. The maximum atomic E-state index is 12.0. The summed E-state index contributed by atoms with van der Waals surface area (Å²) < 4.78 is 5.28. The van der Waals surface area contributed by atoms with E-state index in [1.54, 1.807) is 7.11 Å². The molecule has 0 aromatic rings. The maximum Gasteiger partial charge on any atom is 0.223 e. The van der Waals surface area contributed by atoms with E-state index in [0.29, 0.717) is 12.5 Å². The minimum atomic E-state index is -0.288. The Morgan fingerprint density at radius 3 is 2.41 bits per heavy atom. The SMILES string of the molecule is COC(C)(C)CNC(=O)C1CCC(CN)CC1. The van der Waals surface area contributed by atoms with Crippen molar-refractivity contribution in [3.05, 3.63) is 0 Å². The Morgan fingerprint density at radius 1 is 1.35 bits per heavy atom. The molecule has 4 nitrogen and oxygen atoms in total. The van der Waals surface area contributed by atoms with Gasteiger partial charge in [-0.2, -0.15) is 0 Å². The minimum absolute atomic E-state index is 0.172. The summed E-state index contributed by atoms with van der Waals surface area (Å²) in [6, 6.07) is 0. The third-order valence-corrected chi connectivity index (χ3v) is 3.79. The molecule has 0 heterocycles. The highest BCUT2D eigenvalue weighted by molar-refractivity contribution is 5.78. The monoisotopic (exact) mass is 242 g/mol. The molecule has 4 heteroatoms. The zero-order valence-electron chi connectivity index (χ0n) is 11.3. The van der Waals surface area contributed by atoms with Gasteiger partial charge in [0.2, 0.25) is 5.91 Å². The van der Waals surface area contributed by atoms with Crippen molar-refractivity contribution in [2.24, 2.45) is 17.6 Å². The van der Waals surface area contributed by atoms with Gasteiger partial charge in [0.1, 0.15) is 0 Å². The first-order valence-corrected chi connectivity index (χ1v) is 6.51. The van der Waals surface area contributed by atoms with Gasteiger partial charge in [0.25, 0.3) is 0 Å². The standard InChI is InChI=1S/C13H26N2O2/c1-13(2,17-3)9-15-12(16)11-6-4-10(8-14)5-7-11/h10-11H,4-9,14H2,1-3H3,(H,15,16). The molecule has 0 unspecified atom stereocenters. The molecule has 0 aromatic carbocycles. The molecule has 0 aromatic heterocycles. The van der Waals surface area contributed by atoms with Crippen LogP contribution < -0.4 is 11.1 Å². The predicted molar refractivity (Wildman–Crippen MR) is 68.6 cm³/mol. The summed E-state index contributed by atoms with van der Waals surface area (Å²) >= 11 is 0. The first-order valence-electron chi connectivity index (χ1n) is 6.51. The number of hydrogen-bond donors (Lipinski definition) is 2. The van der Waals surface area contributed by atoms with E-state index < -0.39 is 0 Å². The fourth-order valence-electron chi connectivity index (χ4n) is 2.18. The number of nitrogens with one attached hydrogen (secondary N) is 1. The molecule has 0 spiro atoms. The summed E-state index contributed by atoms with van der Waals surface area (Å²) in [5, 5.41) is 2.98. The van der Waals surface area contributed by atoms with Crippen LogP contribution in [0, 0.1) is 11.8 Å². The van der Waals surface area contributed by atoms with Crippen LogP contribution in [0.2, 0.25) is 0 Å². The van der Waals surface area contributed by atoms with Gasteiger partial charge in [0.15, 0.2) is 0 Å². The molecule has 1 aliphatic carbocycles.